The second kappa shape index (κ2) is 6.53. The van der Waals surface area contributed by atoms with Crippen molar-refractivity contribution in [3.05, 3.63) is 28.2 Å². The molecular weight excluding hydrogens is 306 g/mol. The highest BCUT2D eigenvalue weighted by Gasteiger charge is 2.19. The van der Waals surface area contributed by atoms with Crippen LogP contribution in [0, 0.1) is 5.92 Å². The first-order valence-electron chi connectivity index (χ1n) is 6.69. The molecule has 0 amide bonds. The minimum Gasteiger partial charge on any atom is -0.496 e. The minimum atomic E-state index is 0.178. The van der Waals surface area contributed by atoms with E-state index in [0.29, 0.717) is 12.5 Å². The van der Waals surface area contributed by atoms with E-state index in [9.17, 15) is 4.79 Å². The second-order valence-electron chi connectivity index (χ2n) is 5.26. The van der Waals surface area contributed by atoms with Gasteiger partial charge in [0.15, 0.2) is 5.78 Å². The number of hydrogen-bond donors (Lipinski definition) is 0. The van der Waals surface area contributed by atoms with E-state index in [1.165, 1.54) is 12.8 Å². The quantitative estimate of drug-likeness (QED) is 0.795. The van der Waals surface area contributed by atoms with E-state index >= 15 is 0 Å². The van der Waals surface area contributed by atoms with Gasteiger partial charge in [0.25, 0.3) is 0 Å². The lowest BCUT2D eigenvalue weighted by atomic mass is 9.99. The van der Waals surface area contributed by atoms with Gasteiger partial charge in [0.2, 0.25) is 0 Å². The number of Topliss-reactive ketones (excluding diaryl/α,β-unsaturated/α-hetero) is 1. The molecule has 1 aromatic carbocycles. The summed E-state index contributed by atoms with van der Waals surface area (Å²) in [4.78, 5) is 14.5. The first-order chi connectivity index (χ1) is 9.10. The molecule has 0 aliphatic carbocycles. The van der Waals surface area contributed by atoms with Crippen molar-refractivity contribution < 1.29 is 9.53 Å². The normalized spacial score (nSPS) is 20.3. The van der Waals surface area contributed by atoms with Crippen LogP contribution >= 0.6 is 15.9 Å². The van der Waals surface area contributed by atoms with Gasteiger partial charge in [0.1, 0.15) is 5.75 Å². The lowest BCUT2D eigenvalue weighted by Crippen LogP contribution is -2.37. The van der Waals surface area contributed by atoms with Crippen LogP contribution in [0.25, 0.3) is 0 Å². The minimum absolute atomic E-state index is 0.178. The number of carbonyl (C=O) groups excluding carboxylic acids is 1. The van der Waals surface area contributed by atoms with Crippen LogP contribution in [0.5, 0.6) is 5.75 Å². The Morgan fingerprint density at radius 1 is 1.53 bits per heavy atom. The van der Waals surface area contributed by atoms with Crippen LogP contribution in [0.15, 0.2) is 22.7 Å². The number of ether oxygens (including phenoxy) is 1. The van der Waals surface area contributed by atoms with Crippen molar-refractivity contribution in [3.63, 3.8) is 0 Å². The molecule has 1 saturated heterocycles. The summed E-state index contributed by atoms with van der Waals surface area (Å²) in [6.45, 7) is 4.83. The van der Waals surface area contributed by atoms with Crippen molar-refractivity contribution in [1.82, 2.24) is 4.90 Å². The third kappa shape index (κ3) is 3.80. The Bertz CT molecular complexity index is 461. The first kappa shape index (κ1) is 14.5. The molecule has 0 saturated carbocycles. The van der Waals surface area contributed by atoms with Crippen LogP contribution < -0.4 is 4.74 Å². The van der Waals surface area contributed by atoms with Gasteiger partial charge >= 0.3 is 0 Å². The zero-order chi connectivity index (χ0) is 13.8. The molecule has 1 aliphatic rings. The van der Waals surface area contributed by atoms with E-state index in [0.717, 1.165) is 28.9 Å². The van der Waals surface area contributed by atoms with E-state index in [2.05, 4.69) is 27.8 Å². The number of halogens is 1. The highest BCUT2D eigenvalue weighted by atomic mass is 79.9. The molecule has 1 aliphatic heterocycles. The third-order valence-corrected chi connectivity index (χ3v) is 4.20. The van der Waals surface area contributed by atoms with Crippen LogP contribution in [0.1, 0.15) is 30.1 Å². The molecule has 2 rings (SSSR count). The van der Waals surface area contributed by atoms with Gasteiger partial charge in [-0.2, -0.15) is 0 Å². The number of hydrogen-bond acceptors (Lipinski definition) is 3. The zero-order valence-electron chi connectivity index (χ0n) is 11.5. The predicted molar refractivity (Wildman–Crippen MR) is 79.9 cm³/mol. The SMILES string of the molecule is COc1ccc(C(=O)CN2CCCC(C)C2)cc1Br. The Labute approximate surface area is 123 Å². The van der Waals surface area contributed by atoms with E-state index in [-0.39, 0.29) is 5.78 Å². The van der Waals surface area contributed by atoms with Gasteiger partial charge in [-0.05, 0) is 59.4 Å². The number of methoxy groups -OCH3 is 1. The number of nitrogens with zero attached hydrogens (tertiary/aromatic N) is 1. The Morgan fingerprint density at radius 3 is 2.95 bits per heavy atom. The van der Waals surface area contributed by atoms with Crippen molar-refractivity contribution in [2.24, 2.45) is 5.92 Å². The van der Waals surface area contributed by atoms with Gasteiger partial charge in [0, 0.05) is 12.1 Å². The van der Waals surface area contributed by atoms with Crippen LogP contribution in [0.3, 0.4) is 0 Å². The topological polar surface area (TPSA) is 29.5 Å². The van der Waals surface area contributed by atoms with Gasteiger partial charge in [-0.15, -0.1) is 0 Å². The fourth-order valence-corrected chi connectivity index (χ4v) is 3.11. The summed E-state index contributed by atoms with van der Waals surface area (Å²) >= 11 is 3.42. The van der Waals surface area contributed by atoms with Crippen LogP contribution in [-0.4, -0.2) is 37.4 Å². The summed E-state index contributed by atoms with van der Waals surface area (Å²) in [6.07, 6.45) is 2.47. The van der Waals surface area contributed by atoms with Gasteiger partial charge in [-0.3, -0.25) is 9.69 Å². The molecule has 4 heteroatoms. The molecule has 0 radical (unpaired) electrons. The molecule has 0 N–H and O–H groups in total. The fourth-order valence-electron chi connectivity index (χ4n) is 2.56. The molecule has 1 atom stereocenters. The fraction of sp³-hybridized carbons (Fsp3) is 0.533. The Hall–Kier alpha value is -0.870. The van der Waals surface area contributed by atoms with Gasteiger partial charge in [-0.25, -0.2) is 0 Å². The molecule has 1 aromatic rings. The Balaban J connectivity index is 2.01. The molecule has 104 valence electrons. The van der Waals surface area contributed by atoms with Crippen molar-refractivity contribution in [1.29, 1.82) is 0 Å². The highest BCUT2D eigenvalue weighted by molar-refractivity contribution is 9.10. The summed E-state index contributed by atoms with van der Waals surface area (Å²) in [5, 5.41) is 0. The summed E-state index contributed by atoms with van der Waals surface area (Å²) in [6, 6.07) is 5.50. The van der Waals surface area contributed by atoms with Crippen molar-refractivity contribution in [2.45, 2.75) is 19.8 Å². The number of carbonyl (C=O) groups is 1. The predicted octanol–water partition coefficient (Wildman–Crippen LogP) is 3.37. The number of rotatable bonds is 4. The summed E-state index contributed by atoms with van der Waals surface area (Å²) in [5.41, 5.74) is 0.742. The summed E-state index contributed by atoms with van der Waals surface area (Å²) in [5.74, 6) is 1.63. The average Bonchev–Trinajstić information content (AvgIpc) is 2.38. The van der Waals surface area contributed by atoms with Gasteiger partial charge < -0.3 is 4.74 Å². The maximum Gasteiger partial charge on any atom is 0.176 e. The van der Waals surface area contributed by atoms with Crippen molar-refractivity contribution in [3.8, 4) is 5.75 Å². The summed E-state index contributed by atoms with van der Waals surface area (Å²) < 4.78 is 6.00. The number of likely N-dealkylation sites (tertiary alicyclic amines) is 1. The molecule has 1 heterocycles. The third-order valence-electron chi connectivity index (χ3n) is 3.58. The van der Waals surface area contributed by atoms with Gasteiger partial charge in [0.05, 0.1) is 18.1 Å². The average molecular weight is 326 g/mol. The monoisotopic (exact) mass is 325 g/mol. The van der Waals surface area contributed by atoms with E-state index in [4.69, 9.17) is 4.74 Å². The Kier molecular flexibility index (Phi) is 4.99. The number of ketones is 1. The maximum absolute atomic E-state index is 12.3. The van der Waals surface area contributed by atoms with E-state index in [1.54, 1.807) is 7.11 Å². The zero-order valence-corrected chi connectivity index (χ0v) is 13.1. The van der Waals surface area contributed by atoms with E-state index < -0.39 is 0 Å². The number of piperidine rings is 1. The highest BCUT2D eigenvalue weighted by Crippen LogP contribution is 2.26. The van der Waals surface area contributed by atoms with Crippen molar-refractivity contribution in [2.75, 3.05) is 26.7 Å². The molecule has 0 spiro atoms. The smallest absolute Gasteiger partial charge is 0.176 e. The lowest BCUT2D eigenvalue weighted by molar-refractivity contribution is 0.0893. The first-order valence-corrected chi connectivity index (χ1v) is 7.48. The van der Waals surface area contributed by atoms with Crippen LogP contribution in [0.4, 0.5) is 0 Å². The maximum atomic E-state index is 12.3. The molecular formula is C15H20BrNO2. The largest absolute Gasteiger partial charge is 0.496 e. The molecule has 19 heavy (non-hydrogen) atoms. The number of benzene rings is 1. The van der Waals surface area contributed by atoms with Gasteiger partial charge in [-0.1, -0.05) is 6.92 Å². The lowest BCUT2D eigenvalue weighted by Gasteiger charge is -2.30. The second-order valence-corrected chi connectivity index (χ2v) is 6.11. The molecule has 0 bridgehead atoms. The van der Waals surface area contributed by atoms with Crippen LogP contribution in [-0.2, 0) is 0 Å². The molecule has 1 fully saturated rings. The standard InChI is InChI=1S/C15H20BrNO2/c1-11-4-3-7-17(9-11)10-14(18)12-5-6-15(19-2)13(16)8-12/h5-6,8,11H,3-4,7,9-10H2,1-2H3. The van der Waals surface area contributed by atoms with E-state index in [1.807, 2.05) is 18.2 Å². The molecule has 0 aromatic heterocycles. The molecule has 1 unspecified atom stereocenters. The van der Waals surface area contributed by atoms with Crippen molar-refractivity contribution >= 4 is 21.7 Å². The molecule has 3 nitrogen and oxygen atoms in total. The Morgan fingerprint density at radius 2 is 2.32 bits per heavy atom. The van der Waals surface area contributed by atoms with Crippen LogP contribution in [0.2, 0.25) is 0 Å². The summed E-state index contributed by atoms with van der Waals surface area (Å²) in [7, 11) is 1.62.